The van der Waals surface area contributed by atoms with E-state index in [0.717, 1.165) is 25.7 Å². The van der Waals surface area contributed by atoms with Crippen LogP contribution in [0.3, 0.4) is 0 Å². The molecule has 1 fully saturated rings. The molecule has 2 nitrogen and oxygen atoms in total. The van der Waals surface area contributed by atoms with Crippen LogP contribution in [0.2, 0.25) is 0 Å². The van der Waals surface area contributed by atoms with Crippen LogP contribution in [0.15, 0.2) is 0 Å². The van der Waals surface area contributed by atoms with Crippen LogP contribution in [0.4, 0.5) is 0 Å². The molecule has 1 aliphatic heterocycles. The summed E-state index contributed by atoms with van der Waals surface area (Å²) in [6, 6.07) is 0.618. The largest absolute Gasteiger partial charge is 0.381 e. The minimum atomic E-state index is 0.611. The van der Waals surface area contributed by atoms with E-state index in [1.54, 1.807) is 0 Å². The molecule has 1 rings (SSSR count). The zero-order valence-corrected chi connectivity index (χ0v) is 10.8. The van der Waals surface area contributed by atoms with Gasteiger partial charge in [-0.05, 0) is 38.6 Å². The van der Waals surface area contributed by atoms with Gasteiger partial charge in [-0.25, -0.2) is 0 Å². The predicted octanol–water partition coefficient (Wildman–Crippen LogP) is 2.56. The molecule has 1 saturated heterocycles. The van der Waals surface area contributed by atoms with Crippen molar-refractivity contribution < 1.29 is 4.74 Å². The molecular formula is C11H22BrNO. The molecular weight excluding hydrogens is 242 g/mol. The van der Waals surface area contributed by atoms with Gasteiger partial charge in [-0.1, -0.05) is 22.9 Å². The highest BCUT2D eigenvalue weighted by atomic mass is 79.9. The van der Waals surface area contributed by atoms with Gasteiger partial charge in [-0.2, -0.15) is 0 Å². The summed E-state index contributed by atoms with van der Waals surface area (Å²) in [5, 5.41) is 3.60. The van der Waals surface area contributed by atoms with Crippen LogP contribution in [-0.4, -0.2) is 30.6 Å². The number of hydrogen-bond donors (Lipinski definition) is 1. The zero-order chi connectivity index (χ0) is 10.4. The zero-order valence-electron chi connectivity index (χ0n) is 9.26. The highest BCUT2D eigenvalue weighted by Gasteiger charge is 2.14. The molecule has 0 spiro atoms. The smallest absolute Gasteiger partial charge is 0.0469 e. The number of halogens is 1. The Labute approximate surface area is 95.9 Å². The topological polar surface area (TPSA) is 21.3 Å². The summed E-state index contributed by atoms with van der Waals surface area (Å²) in [6.07, 6.45) is 3.65. The lowest BCUT2D eigenvalue weighted by Crippen LogP contribution is -2.34. The van der Waals surface area contributed by atoms with Gasteiger partial charge in [0, 0.05) is 24.1 Å². The van der Waals surface area contributed by atoms with Crippen molar-refractivity contribution in [1.82, 2.24) is 5.32 Å². The summed E-state index contributed by atoms with van der Waals surface area (Å²) in [4.78, 5) is 0.611. The predicted molar refractivity (Wildman–Crippen MR) is 64.0 cm³/mol. The maximum atomic E-state index is 5.34. The molecule has 2 atom stereocenters. The van der Waals surface area contributed by atoms with E-state index in [-0.39, 0.29) is 0 Å². The van der Waals surface area contributed by atoms with Crippen molar-refractivity contribution in [3.63, 3.8) is 0 Å². The highest BCUT2D eigenvalue weighted by molar-refractivity contribution is 9.09. The van der Waals surface area contributed by atoms with Crippen molar-refractivity contribution in [2.24, 2.45) is 5.92 Å². The quantitative estimate of drug-likeness (QED) is 0.770. The van der Waals surface area contributed by atoms with E-state index in [1.807, 2.05) is 0 Å². The van der Waals surface area contributed by atoms with Crippen LogP contribution in [-0.2, 0) is 4.74 Å². The Bertz CT molecular complexity index is 146. The van der Waals surface area contributed by atoms with Crippen LogP contribution >= 0.6 is 15.9 Å². The van der Waals surface area contributed by atoms with Crippen LogP contribution in [0.25, 0.3) is 0 Å². The normalized spacial score (nSPS) is 23.4. The fraction of sp³-hybridized carbons (Fsp3) is 1.00. The minimum Gasteiger partial charge on any atom is -0.381 e. The van der Waals surface area contributed by atoms with Gasteiger partial charge < -0.3 is 10.1 Å². The molecule has 1 N–H and O–H groups in total. The number of rotatable bonds is 5. The third-order valence-corrected chi connectivity index (χ3v) is 3.15. The SMILES string of the molecule is CC(Br)CC(C)NCC1CCOCC1. The molecule has 3 heteroatoms. The maximum absolute atomic E-state index is 5.34. The summed E-state index contributed by atoms with van der Waals surface area (Å²) in [5.74, 6) is 0.830. The first-order chi connectivity index (χ1) is 6.68. The Morgan fingerprint density at radius 1 is 1.36 bits per heavy atom. The minimum absolute atomic E-state index is 0.611. The van der Waals surface area contributed by atoms with Crippen LogP contribution in [0.5, 0.6) is 0 Å². The van der Waals surface area contributed by atoms with Gasteiger partial charge in [-0.15, -0.1) is 0 Å². The van der Waals surface area contributed by atoms with Gasteiger partial charge >= 0.3 is 0 Å². The Hall–Kier alpha value is 0.400. The van der Waals surface area contributed by atoms with Crippen LogP contribution in [0, 0.1) is 5.92 Å². The average molecular weight is 264 g/mol. The molecule has 1 aliphatic rings. The molecule has 1 heterocycles. The first-order valence-electron chi connectivity index (χ1n) is 5.63. The summed E-state index contributed by atoms with van der Waals surface area (Å²) < 4.78 is 5.34. The van der Waals surface area contributed by atoms with Crippen molar-refractivity contribution in [3.8, 4) is 0 Å². The van der Waals surface area contributed by atoms with Gasteiger partial charge in [0.1, 0.15) is 0 Å². The number of ether oxygens (including phenoxy) is 1. The van der Waals surface area contributed by atoms with Gasteiger partial charge in [0.2, 0.25) is 0 Å². The number of alkyl halides is 1. The Balaban J connectivity index is 2.06. The first kappa shape index (κ1) is 12.5. The molecule has 0 aromatic rings. The monoisotopic (exact) mass is 263 g/mol. The molecule has 0 amide bonds. The van der Waals surface area contributed by atoms with E-state index in [4.69, 9.17) is 4.74 Å². The lowest BCUT2D eigenvalue weighted by atomic mass is 10.00. The Kier molecular flexibility index (Phi) is 6.06. The highest BCUT2D eigenvalue weighted by Crippen LogP contribution is 2.14. The van der Waals surface area contributed by atoms with Gasteiger partial charge in [0.05, 0.1) is 0 Å². The second-order valence-electron chi connectivity index (χ2n) is 4.38. The van der Waals surface area contributed by atoms with Crippen LogP contribution in [0.1, 0.15) is 33.1 Å². The summed E-state index contributed by atoms with van der Waals surface area (Å²) in [7, 11) is 0. The second kappa shape index (κ2) is 6.81. The van der Waals surface area contributed by atoms with Crippen molar-refractivity contribution in [3.05, 3.63) is 0 Å². The van der Waals surface area contributed by atoms with Crippen LogP contribution < -0.4 is 5.32 Å². The standard InChI is InChI=1S/C11H22BrNO/c1-9(12)7-10(2)13-8-11-3-5-14-6-4-11/h9-11,13H,3-8H2,1-2H3. The van der Waals surface area contributed by atoms with Gasteiger partial charge in [0.15, 0.2) is 0 Å². The summed E-state index contributed by atoms with van der Waals surface area (Å²) in [6.45, 7) is 7.53. The molecule has 0 bridgehead atoms. The molecule has 0 aromatic heterocycles. The fourth-order valence-electron chi connectivity index (χ4n) is 1.89. The first-order valence-corrected chi connectivity index (χ1v) is 6.55. The van der Waals surface area contributed by atoms with E-state index in [1.165, 1.54) is 19.3 Å². The molecule has 84 valence electrons. The van der Waals surface area contributed by atoms with Gasteiger partial charge in [-0.3, -0.25) is 0 Å². The van der Waals surface area contributed by atoms with E-state index >= 15 is 0 Å². The van der Waals surface area contributed by atoms with E-state index in [2.05, 4.69) is 35.1 Å². The molecule has 2 unspecified atom stereocenters. The van der Waals surface area contributed by atoms with Crippen molar-refractivity contribution >= 4 is 15.9 Å². The van der Waals surface area contributed by atoms with Crippen molar-refractivity contribution in [1.29, 1.82) is 0 Å². The Morgan fingerprint density at radius 3 is 2.57 bits per heavy atom. The van der Waals surface area contributed by atoms with Crippen molar-refractivity contribution in [2.75, 3.05) is 19.8 Å². The van der Waals surface area contributed by atoms with E-state index in [0.29, 0.717) is 10.9 Å². The average Bonchev–Trinajstić information content (AvgIpc) is 2.15. The number of hydrogen-bond acceptors (Lipinski definition) is 2. The van der Waals surface area contributed by atoms with Crippen molar-refractivity contribution in [2.45, 2.75) is 44.0 Å². The lowest BCUT2D eigenvalue weighted by Gasteiger charge is -2.24. The second-order valence-corrected chi connectivity index (χ2v) is 5.94. The third-order valence-electron chi connectivity index (χ3n) is 2.77. The van der Waals surface area contributed by atoms with E-state index in [9.17, 15) is 0 Å². The van der Waals surface area contributed by atoms with Gasteiger partial charge in [0.25, 0.3) is 0 Å². The molecule has 14 heavy (non-hydrogen) atoms. The van der Waals surface area contributed by atoms with E-state index < -0.39 is 0 Å². The number of nitrogens with one attached hydrogen (secondary N) is 1. The summed E-state index contributed by atoms with van der Waals surface area (Å²) in [5.41, 5.74) is 0. The lowest BCUT2D eigenvalue weighted by molar-refractivity contribution is 0.0655. The molecule has 0 saturated carbocycles. The maximum Gasteiger partial charge on any atom is 0.0469 e. The molecule has 0 aliphatic carbocycles. The third kappa shape index (κ3) is 5.32. The fourth-order valence-corrected chi connectivity index (χ4v) is 2.45. The molecule has 0 aromatic carbocycles. The summed E-state index contributed by atoms with van der Waals surface area (Å²) >= 11 is 3.58. The Morgan fingerprint density at radius 2 is 2.00 bits per heavy atom. The molecule has 0 radical (unpaired) electrons.